The molecule has 17 heavy (non-hydrogen) atoms. The third-order valence-corrected chi connectivity index (χ3v) is 2.40. The average molecular weight is 233 g/mol. The van der Waals surface area contributed by atoms with Gasteiger partial charge in [0, 0.05) is 5.41 Å². The highest BCUT2D eigenvalue weighted by Crippen LogP contribution is 2.22. The van der Waals surface area contributed by atoms with E-state index in [2.05, 4.69) is 15.1 Å². The van der Waals surface area contributed by atoms with Gasteiger partial charge in [0.2, 0.25) is 0 Å². The first-order valence-corrected chi connectivity index (χ1v) is 5.25. The molecule has 0 unspecified atom stereocenters. The summed E-state index contributed by atoms with van der Waals surface area (Å²) in [6.45, 7) is 7.65. The molecule has 90 valence electrons. The fourth-order valence-electron chi connectivity index (χ4n) is 1.61. The SMILES string of the molecule is Cc1nc2nc(C(=O)[O-])cc(C(C)(C)C)n2n1. The Morgan fingerprint density at radius 3 is 2.53 bits per heavy atom. The lowest BCUT2D eigenvalue weighted by Gasteiger charge is -2.20. The maximum Gasteiger partial charge on any atom is 0.253 e. The second-order valence-electron chi connectivity index (χ2n) is 4.93. The monoisotopic (exact) mass is 233 g/mol. The van der Waals surface area contributed by atoms with Crippen LogP contribution < -0.4 is 5.11 Å². The van der Waals surface area contributed by atoms with Gasteiger partial charge in [-0.05, 0) is 13.0 Å². The maximum absolute atomic E-state index is 10.9. The van der Waals surface area contributed by atoms with E-state index < -0.39 is 5.97 Å². The van der Waals surface area contributed by atoms with Gasteiger partial charge in [-0.2, -0.15) is 10.1 Å². The minimum Gasteiger partial charge on any atom is -0.543 e. The van der Waals surface area contributed by atoms with Crippen LogP contribution in [0.1, 0.15) is 42.8 Å². The molecule has 2 heterocycles. The van der Waals surface area contributed by atoms with Gasteiger partial charge >= 0.3 is 0 Å². The molecule has 0 amide bonds. The molecular formula is C11H13N4O2-. The summed E-state index contributed by atoms with van der Waals surface area (Å²) in [6, 6.07) is 1.48. The Morgan fingerprint density at radius 2 is 2.00 bits per heavy atom. The predicted molar refractivity (Wildman–Crippen MR) is 58.5 cm³/mol. The number of hydrogen-bond donors (Lipinski definition) is 0. The minimum absolute atomic E-state index is 0.116. The molecule has 0 saturated carbocycles. The number of fused-ring (bicyclic) bond motifs is 1. The summed E-state index contributed by atoms with van der Waals surface area (Å²) in [5.41, 5.74) is 0.364. The largest absolute Gasteiger partial charge is 0.543 e. The lowest BCUT2D eigenvalue weighted by molar-refractivity contribution is -0.255. The predicted octanol–water partition coefficient (Wildman–Crippen LogP) is 0.0937. The van der Waals surface area contributed by atoms with Crippen LogP contribution in [0.2, 0.25) is 0 Å². The van der Waals surface area contributed by atoms with E-state index in [0.717, 1.165) is 5.69 Å². The Kier molecular flexibility index (Phi) is 2.38. The zero-order valence-electron chi connectivity index (χ0n) is 10.2. The molecule has 0 bridgehead atoms. The number of carbonyl (C=O) groups excluding carboxylic acids is 1. The number of carboxylic acids is 1. The van der Waals surface area contributed by atoms with Crippen LogP contribution in [-0.4, -0.2) is 25.6 Å². The molecule has 0 aromatic carbocycles. The van der Waals surface area contributed by atoms with Crippen LogP contribution >= 0.6 is 0 Å². The summed E-state index contributed by atoms with van der Waals surface area (Å²) < 4.78 is 1.57. The molecule has 0 fully saturated rings. The Morgan fingerprint density at radius 1 is 1.35 bits per heavy atom. The number of hydrogen-bond acceptors (Lipinski definition) is 5. The fraction of sp³-hybridized carbons (Fsp3) is 0.455. The Hall–Kier alpha value is -1.98. The Labute approximate surface area is 98.3 Å². The van der Waals surface area contributed by atoms with Gasteiger partial charge in [0.05, 0.1) is 17.4 Å². The molecule has 6 heteroatoms. The van der Waals surface area contributed by atoms with Crippen molar-refractivity contribution >= 4 is 11.7 Å². The summed E-state index contributed by atoms with van der Waals surface area (Å²) in [4.78, 5) is 18.9. The number of carbonyl (C=O) groups is 1. The molecule has 0 aliphatic rings. The highest BCUT2D eigenvalue weighted by Gasteiger charge is 2.21. The zero-order chi connectivity index (χ0) is 12.8. The lowest BCUT2D eigenvalue weighted by Crippen LogP contribution is -2.26. The van der Waals surface area contributed by atoms with Crippen LogP contribution in [0.4, 0.5) is 0 Å². The van der Waals surface area contributed by atoms with Crippen molar-refractivity contribution in [3.8, 4) is 0 Å². The van der Waals surface area contributed by atoms with E-state index >= 15 is 0 Å². The van der Waals surface area contributed by atoms with Crippen molar-refractivity contribution < 1.29 is 9.90 Å². The lowest BCUT2D eigenvalue weighted by atomic mass is 9.91. The molecule has 2 rings (SSSR count). The van der Waals surface area contributed by atoms with Gasteiger partial charge in [-0.25, -0.2) is 9.50 Å². The smallest absolute Gasteiger partial charge is 0.253 e. The molecular weight excluding hydrogens is 220 g/mol. The Bertz CT molecular complexity index is 595. The van der Waals surface area contributed by atoms with Crippen molar-refractivity contribution in [3.63, 3.8) is 0 Å². The number of rotatable bonds is 1. The fourth-order valence-corrected chi connectivity index (χ4v) is 1.61. The number of nitrogens with zero attached hydrogens (tertiary/aromatic N) is 4. The number of aryl methyl sites for hydroxylation is 1. The van der Waals surface area contributed by atoms with E-state index in [1.165, 1.54) is 6.07 Å². The van der Waals surface area contributed by atoms with Gasteiger partial charge in [0.25, 0.3) is 5.78 Å². The Balaban J connectivity index is 2.82. The van der Waals surface area contributed by atoms with E-state index in [-0.39, 0.29) is 16.9 Å². The van der Waals surface area contributed by atoms with Crippen LogP contribution in [0.25, 0.3) is 5.78 Å². The third-order valence-electron chi connectivity index (χ3n) is 2.40. The standard InChI is InChI=1S/C11H14N4O2/c1-6-12-10-13-7(9(16)17)5-8(11(2,3)4)15(10)14-6/h5H,1-4H3,(H,16,17)/p-1. The molecule has 0 atom stereocenters. The van der Waals surface area contributed by atoms with Crippen LogP contribution in [0, 0.1) is 6.92 Å². The normalized spacial score (nSPS) is 12.0. The maximum atomic E-state index is 10.9. The highest BCUT2D eigenvalue weighted by molar-refractivity contribution is 5.84. The molecule has 0 aliphatic carbocycles. The summed E-state index contributed by atoms with van der Waals surface area (Å²) in [5.74, 6) is -0.466. The first kappa shape index (κ1) is 11.5. The van der Waals surface area contributed by atoms with E-state index in [0.29, 0.717) is 5.82 Å². The van der Waals surface area contributed by atoms with Crippen LogP contribution in [0.5, 0.6) is 0 Å². The minimum atomic E-state index is -1.31. The summed E-state index contributed by atoms with van der Waals surface area (Å²) >= 11 is 0. The molecule has 0 saturated heterocycles. The summed E-state index contributed by atoms with van der Waals surface area (Å²) in [5, 5.41) is 15.1. The van der Waals surface area contributed by atoms with E-state index in [9.17, 15) is 9.90 Å². The zero-order valence-corrected chi connectivity index (χ0v) is 10.2. The molecule has 0 radical (unpaired) electrons. The van der Waals surface area contributed by atoms with Gasteiger partial charge in [-0.15, -0.1) is 0 Å². The summed E-state index contributed by atoms with van der Waals surface area (Å²) in [6.07, 6.45) is 0. The first-order chi connectivity index (χ1) is 7.79. The van der Waals surface area contributed by atoms with Gasteiger partial charge in [0.1, 0.15) is 5.82 Å². The average Bonchev–Trinajstić information content (AvgIpc) is 2.54. The topological polar surface area (TPSA) is 83.2 Å². The number of carboxylic acid groups (broad SMARTS) is 1. The van der Waals surface area contributed by atoms with Gasteiger partial charge in [0.15, 0.2) is 0 Å². The first-order valence-electron chi connectivity index (χ1n) is 5.25. The summed E-state index contributed by atoms with van der Waals surface area (Å²) in [7, 11) is 0. The quantitative estimate of drug-likeness (QED) is 0.697. The van der Waals surface area contributed by atoms with Crippen molar-refractivity contribution in [2.24, 2.45) is 0 Å². The van der Waals surface area contributed by atoms with Gasteiger partial charge in [-0.3, -0.25) is 0 Å². The second kappa shape index (κ2) is 3.51. The van der Waals surface area contributed by atoms with E-state index in [1.54, 1.807) is 11.4 Å². The molecule has 6 nitrogen and oxygen atoms in total. The molecule has 0 aliphatic heterocycles. The van der Waals surface area contributed by atoms with Crippen molar-refractivity contribution in [2.75, 3.05) is 0 Å². The number of aromatic carboxylic acids is 1. The molecule has 0 spiro atoms. The second-order valence-corrected chi connectivity index (χ2v) is 4.93. The van der Waals surface area contributed by atoms with Crippen molar-refractivity contribution in [3.05, 3.63) is 23.3 Å². The third kappa shape index (κ3) is 1.98. The van der Waals surface area contributed by atoms with Gasteiger partial charge < -0.3 is 9.90 Å². The van der Waals surface area contributed by atoms with E-state index in [4.69, 9.17) is 0 Å². The van der Waals surface area contributed by atoms with Crippen molar-refractivity contribution in [1.29, 1.82) is 0 Å². The highest BCUT2D eigenvalue weighted by atomic mass is 16.4. The molecule has 2 aromatic heterocycles. The van der Waals surface area contributed by atoms with Crippen LogP contribution in [0.3, 0.4) is 0 Å². The van der Waals surface area contributed by atoms with Gasteiger partial charge in [-0.1, -0.05) is 20.8 Å². The molecule has 2 aromatic rings. The molecule has 0 N–H and O–H groups in total. The van der Waals surface area contributed by atoms with Crippen LogP contribution in [-0.2, 0) is 5.41 Å². The van der Waals surface area contributed by atoms with Crippen molar-refractivity contribution in [2.45, 2.75) is 33.1 Å². The van der Waals surface area contributed by atoms with E-state index in [1.807, 2.05) is 20.8 Å². The van der Waals surface area contributed by atoms with Crippen molar-refractivity contribution in [1.82, 2.24) is 19.6 Å². The number of aromatic nitrogens is 4. The van der Waals surface area contributed by atoms with Crippen LogP contribution in [0.15, 0.2) is 6.07 Å².